The minimum atomic E-state index is -0.449. The molecule has 0 radical (unpaired) electrons. The Bertz CT molecular complexity index is 275. The van der Waals surface area contributed by atoms with Gasteiger partial charge in [-0.3, -0.25) is 0 Å². The van der Waals surface area contributed by atoms with Crippen LogP contribution in [-0.2, 0) is 9.47 Å². The molecule has 0 aliphatic heterocycles. The van der Waals surface area contributed by atoms with Gasteiger partial charge in [0.1, 0.15) is 5.60 Å². The van der Waals surface area contributed by atoms with Gasteiger partial charge in [-0.25, -0.2) is 4.79 Å². The number of hydrogen-bond acceptors (Lipinski definition) is 4. The highest BCUT2D eigenvalue weighted by Gasteiger charge is 2.15. The second kappa shape index (κ2) is 10.7. The lowest BCUT2D eigenvalue weighted by atomic mass is 10.1. The van der Waals surface area contributed by atoms with Crippen LogP contribution in [0.15, 0.2) is 12.7 Å². The van der Waals surface area contributed by atoms with Crippen molar-refractivity contribution in [3.8, 4) is 0 Å². The molecule has 0 rings (SSSR count). The Hall–Kier alpha value is -1.07. The minimum absolute atomic E-state index is 0.306. The molecule has 0 saturated heterocycles. The third kappa shape index (κ3) is 12.0. The Morgan fingerprint density at radius 1 is 1.35 bits per heavy atom. The Morgan fingerprint density at radius 2 is 2.05 bits per heavy atom. The maximum Gasteiger partial charge on any atom is 0.407 e. The van der Waals surface area contributed by atoms with Crippen LogP contribution in [0, 0.1) is 0 Å². The van der Waals surface area contributed by atoms with Crippen molar-refractivity contribution in [3.63, 3.8) is 0 Å². The van der Waals surface area contributed by atoms with E-state index >= 15 is 0 Å². The fourth-order valence-electron chi connectivity index (χ4n) is 1.69. The fraction of sp³-hybridized carbons (Fsp3) is 0.800. The Morgan fingerprint density at radius 3 is 2.60 bits per heavy atom. The van der Waals surface area contributed by atoms with E-state index < -0.39 is 5.60 Å². The zero-order valence-electron chi connectivity index (χ0n) is 13.3. The van der Waals surface area contributed by atoms with E-state index in [1.807, 2.05) is 26.8 Å². The maximum absolute atomic E-state index is 11.5. The van der Waals surface area contributed by atoms with Gasteiger partial charge in [0, 0.05) is 19.7 Å². The van der Waals surface area contributed by atoms with Gasteiger partial charge in [-0.15, -0.1) is 6.58 Å². The second-order valence-corrected chi connectivity index (χ2v) is 5.75. The van der Waals surface area contributed by atoms with Crippen molar-refractivity contribution in [2.45, 2.75) is 51.7 Å². The quantitative estimate of drug-likeness (QED) is 0.478. The smallest absolute Gasteiger partial charge is 0.407 e. The van der Waals surface area contributed by atoms with Gasteiger partial charge in [0.25, 0.3) is 0 Å². The number of nitrogens with one attached hydrogen (secondary N) is 2. The van der Waals surface area contributed by atoms with Crippen LogP contribution in [0.1, 0.15) is 40.0 Å². The Kier molecular flexibility index (Phi) is 10.1. The molecule has 0 aromatic heterocycles. The molecule has 0 aromatic rings. The molecule has 0 aromatic carbocycles. The van der Waals surface area contributed by atoms with Gasteiger partial charge in [0.05, 0.1) is 6.61 Å². The lowest BCUT2D eigenvalue weighted by Gasteiger charge is -2.20. The molecular weight excluding hydrogens is 256 g/mol. The number of amides is 1. The van der Waals surface area contributed by atoms with Gasteiger partial charge in [-0.2, -0.15) is 0 Å². The molecule has 2 N–H and O–H groups in total. The first-order valence-corrected chi connectivity index (χ1v) is 7.19. The number of hydrogen-bond donors (Lipinski definition) is 2. The van der Waals surface area contributed by atoms with E-state index in [0.29, 0.717) is 19.2 Å². The monoisotopic (exact) mass is 286 g/mol. The number of methoxy groups -OCH3 is 1. The molecule has 0 aliphatic rings. The summed E-state index contributed by atoms with van der Waals surface area (Å²) in [7, 11) is 1.70. The molecule has 118 valence electrons. The molecule has 0 heterocycles. The van der Waals surface area contributed by atoms with Gasteiger partial charge in [0.15, 0.2) is 0 Å². The van der Waals surface area contributed by atoms with Gasteiger partial charge >= 0.3 is 6.09 Å². The first-order valence-electron chi connectivity index (χ1n) is 7.19. The van der Waals surface area contributed by atoms with Crippen LogP contribution in [-0.4, -0.2) is 44.5 Å². The molecule has 5 nitrogen and oxygen atoms in total. The lowest BCUT2D eigenvalue weighted by molar-refractivity contribution is 0.0526. The first-order chi connectivity index (χ1) is 9.39. The summed E-state index contributed by atoms with van der Waals surface area (Å²) in [5.41, 5.74) is -0.449. The highest BCUT2D eigenvalue weighted by atomic mass is 16.6. The topological polar surface area (TPSA) is 59.6 Å². The normalized spacial score (nSPS) is 12.8. The van der Waals surface area contributed by atoms with Crippen LogP contribution in [0.3, 0.4) is 0 Å². The zero-order chi connectivity index (χ0) is 15.4. The van der Waals surface area contributed by atoms with E-state index in [4.69, 9.17) is 9.47 Å². The summed E-state index contributed by atoms with van der Waals surface area (Å²) in [4.78, 5) is 11.5. The number of ether oxygens (including phenoxy) is 2. The molecule has 1 unspecified atom stereocenters. The highest BCUT2D eigenvalue weighted by Crippen LogP contribution is 2.06. The number of rotatable bonds is 10. The molecule has 1 atom stereocenters. The van der Waals surface area contributed by atoms with Crippen molar-refractivity contribution >= 4 is 6.09 Å². The SMILES string of the molecule is C=CCCNC(CCCNC(=O)OC(C)(C)C)COC. The molecule has 5 heteroatoms. The zero-order valence-corrected chi connectivity index (χ0v) is 13.3. The summed E-state index contributed by atoms with van der Waals surface area (Å²) in [5, 5.41) is 6.17. The Balaban J connectivity index is 3.76. The van der Waals surface area contributed by atoms with Crippen molar-refractivity contribution in [2.24, 2.45) is 0 Å². The van der Waals surface area contributed by atoms with Crippen LogP contribution in [0.4, 0.5) is 4.79 Å². The van der Waals surface area contributed by atoms with Crippen LogP contribution in [0.25, 0.3) is 0 Å². The van der Waals surface area contributed by atoms with Crippen molar-refractivity contribution < 1.29 is 14.3 Å². The van der Waals surface area contributed by atoms with Gasteiger partial charge in [-0.1, -0.05) is 6.08 Å². The van der Waals surface area contributed by atoms with E-state index in [1.54, 1.807) is 7.11 Å². The van der Waals surface area contributed by atoms with Crippen LogP contribution >= 0.6 is 0 Å². The molecule has 0 aliphatic carbocycles. The van der Waals surface area contributed by atoms with Crippen molar-refractivity contribution in [2.75, 3.05) is 26.8 Å². The highest BCUT2D eigenvalue weighted by molar-refractivity contribution is 5.67. The van der Waals surface area contributed by atoms with E-state index in [0.717, 1.165) is 25.8 Å². The number of carbonyl (C=O) groups is 1. The first kappa shape index (κ1) is 18.9. The van der Waals surface area contributed by atoms with Crippen LogP contribution in [0.2, 0.25) is 0 Å². The van der Waals surface area contributed by atoms with Crippen molar-refractivity contribution in [3.05, 3.63) is 12.7 Å². The minimum Gasteiger partial charge on any atom is -0.444 e. The molecule has 20 heavy (non-hydrogen) atoms. The van der Waals surface area contributed by atoms with Crippen molar-refractivity contribution in [1.82, 2.24) is 10.6 Å². The van der Waals surface area contributed by atoms with Crippen LogP contribution in [0.5, 0.6) is 0 Å². The second-order valence-electron chi connectivity index (χ2n) is 5.75. The average molecular weight is 286 g/mol. The third-order valence-corrected chi connectivity index (χ3v) is 2.55. The summed E-state index contributed by atoms with van der Waals surface area (Å²) in [5.74, 6) is 0. The summed E-state index contributed by atoms with van der Waals surface area (Å²) in [6.07, 6.45) is 4.30. The number of carbonyl (C=O) groups excluding carboxylic acids is 1. The molecule has 0 bridgehead atoms. The molecule has 1 amide bonds. The Labute approximate surface area is 123 Å². The standard InChI is InChI=1S/C15H30N2O3/c1-6-7-10-16-13(12-19-5)9-8-11-17-14(18)20-15(2,3)4/h6,13,16H,1,7-12H2,2-5H3,(H,17,18). The van der Waals surface area contributed by atoms with Crippen molar-refractivity contribution in [1.29, 1.82) is 0 Å². The molecule has 0 fully saturated rings. The predicted octanol–water partition coefficient (Wildman–Crippen LogP) is 2.47. The summed E-state index contributed by atoms with van der Waals surface area (Å²) in [6, 6.07) is 0.306. The van der Waals surface area contributed by atoms with Gasteiger partial charge < -0.3 is 20.1 Å². The average Bonchev–Trinajstić information content (AvgIpc) is 2.32. The molecule has 0 saturated carbocycles. The summed E-state index contributed by atoms with van der Waals surface area (Å²) in [6.45, 7) is 11.4. The van der Waals surface area contributed by atoms with E-state index in [9.17, 15) is 4.79 Å². The predicted molar refractivity (Wildman–Crippen MR) is 82.0 cm³/mol. The summed E-state index contributed by atoms with van der Waals surface area (Å²) >= 11 is 0. The van der Waals surface area contributed by atoms with E-state index in [2.05, 4.69) is 17.2 Å². The van der Waals surface area contributed by atoms with Gasteiger partial charge in [0.2, 0.25) is 0 Å². The molecule has 0 spiro atoms. The number of alkyl carbamates (subject to hydrolysis) is 1. The third-order valence-electron chi connectivity index (χ3n) is 2.55. The van der Waals surface area contributed by atoms with E-state index in [1.165, 1.54) is 0 Å². The maximum atomic E-state index is 11.5. The fourth-order valence-corrected chi connectivity index (χ4v) is 1.69. The summed E-state index contributed by atoms with van der Waals surface area (Å²) < 4.78 is 10.3. The van der Waals surface area contributed by atoms with Crippen LogP contribution < -0.4 is 10.6 Å². The van der Waals surface area contributed by atoms with E-state index in [-0.39, 0.29) is 6.09 Å². The van der Waals surface area contributed by atoms with Gasteiger partial charge in [-0.05, 0) is 46.6 Å². The molecular formula is C15H30N2O3. The lowest BCUT2D eigenvalue weighted by Crippen LogP contribution is -2.36. The largest absolute Gasteiger partial charge is 0.444 e.